The molecule has 2 amide bonds. The van der Waals surface area contributed by atoms with Crippen LogP contribution in [0.4, 0.5) is 0 Å². The fourth-order valence-electron chi connectivity index (χ4n) is 5.87. The highest BCUT2D eigenvalue weighted by Gasteiger charge is 2.52. The number of nitrogens with one attached hydrogen (secondary N) is 1. The molecule has 3 aromatic carbocycles. The molecular weight excluding hydrogens is 538 g/mol. The first-order valence-electron chi connectivity index (χ1n) is 14.7. The summed E-state index contributed by atoms with van der Waals surface area (Å²) >= 11 is 0. The summed E-state index contributed by atoms with van der Waals surface area (Å²) in [4.78, 5) is 31.6. The predicted octanol–water partition coefficient (Wildman–Crippen LogP) is 3.65. The summed E-state index contributed by atoms with van der Waals surface area (Å²) in [6, 6.07) is 24.8. The quantitative estimate of drug-likeness (QED) is 0.345. The lowest BCUT2D eigenvalue weighted by molar-refractivity contribution is -0.138. The highest BCUT2D eigenvalue weighted by Crippen LogP contribution is 2.49. The number of benzene rings is 3. The Bertz CT molecular complexity index is 1660. The van der Waals surface area contributed by atoms with Gasteiger partial charge in [-0.1, -0.05) is 53.7 Å². The summed E-state index contributed by atoms with van der Waals surface area (Å²) in [6.07, 6.45) is 3.62. The highest BCUT2D eigenvalue weighted by molar-refractivity contribution is 5.95. The number of hydrogen-bond donors (Lipinski definition) is 1. The van der Waals surface area contributed by atoms with Crippen molar-refractivity contribution in [3.8, 4) is 22.9 Å². The zero-order valence-electron chi connectivity index (χ0n) is 24.5. The molecule has 9 heteroatoms. The number of aryl methyl sites for hydroxylation is 1. The van der Waals surface area contributed by atoms with E-state index in [1.165, 1.54) is 0 Å². The van der Waals surface area contributed by atoms with Crippen molar-refractivity contribution in [3.05, 3.63) is 101 Å². The van der Waals surface area contributed by atoms with Crippen LogP contribution in [0.25, 0.3) is 16.8 Å². The number of likely N-dealkylation sites (N-methyl/N-ethyl adjacent to an activating group) is 1. The van der Waals surface area contributed by atoms with Crippen molar-refractivity contribution in [1.29, 1.82) is 5.26 Å². The molecule has 1 aromatic heterocycles. The Kier molecular flexibility index (Phi) is 7.78. The fraction of sp³-hybridized carbons (Fsp3) is 0.324. The Balaban J connectivity index is 1.20. The van der Waals surface area contributed by atoms with E-state index in [0.29, 0.717) is 24.3 Å². The third kappa shape index (κ3) is 5.92. The maximum absolute atomic E-state index is 13.8. The molecule has 2 fully saturated rings. The maximum Gasteiger partial charge on any atom is 0.245 e. The van der Waals surface area contributed by atoms with E-state index in [4.69, 9.17) is 5.26 Å². The third-order valence-corrected chi connectivity index (χ3v) is 8.70. The summed E-state index contributed by atoms with van der Waals surface area (Å²) in [5.74, 6) is -0.177. The van der Waals surface area contributed by atoms with Crippen molar-refractivity contribution < 1.29 is 9.59 Å². The van der Waals surface area contributed by atoms with Gasteiger partial charge in [-0.05, 0) is 73.3 Å². The molecule has 2 aliphatic rings. The van der Waals surface area contributed by atoms with Gasteiger partial charge >= 0.3 is 0 Å². The average Bonchev–Trinajstić information content (AvgIpc) is 3.72. The van der Waals surface area contributed by atoms with Crippen LogP contribution in [0.2, 0.25) is 0 Å². The zero-order chi connectivity index (χ0) is 30.0. The first-order valence-corrected chi connectivity index (χ1v) is 14.7. The Morgan fingerprint density at radius 3 is 2.23 bits per heavy atom. The van der Waals surface area contributed by atoms with Gasteiger partial charge in [0.1, 0.15) is 6.04 Å². The van der Waals surface area contributed by atoms with E-state index < -0.39 is 11.5 Å². The first-order chi connectivity index (χ1) is 20.9. The topological polar surface area (TPSA) is 107 Å². The minimum Gasteiger partial charge on any atom is -0.343 e. The van der Waals surface area contributed by atoms with Gasteiger partial charge < -0.3 is 15.1 Å². The molecular formula is C34H35N7O2. The molecule has 0 bridgehead atoms. The minimum atomic E-state index is -0.735. The van der Waals surface area contributed by atoms with Crippen molar-refractivity contribution in [2.45, 2.75) is 37.6 Å². The van der Waals surface area contributed by atoms with Gasteiger partial charge in [-0.25, -0.2) is 4.68 Å². The van der Waals surface area contributed by atoms with Gasteiger partial charge in [0.05, 0.1) is 34.6 Å². The summed E-state index contributed by atoms with van der Waals surface area (Å²) in [7, 11) is 2.05. The summed E-state index contributed by atoms with van der Waals surface area (Å²) in [5.41, 5.74) is 5.67. The van der Waals surface area contributed by atoms with Crippen molar-refractivity contribution in [3.63, 3.8) is 0 Å². The fourth-order valence-corrected chi connectivity index (χ4v) is 5.87. The van der Waals surface area contributed by atoms with E-state index in [1.54, 1.807) is 16.8 Å². The van der Waals surface area contributed by atoms with Gasteiger partial charge in [-0.2, -0.15) is 5.26 Å². The lowest BCUT2D eigenvalue weighted by atomic mass is 9.90. The second-order valence-electron chi connectivity index (χ2n) is 11.6. The molecule has 0 radical (unpaired) electrons. The molecule has 0 spiro atoms. The molecule has 43 heavy (non-hydrogen) atoms. The van der Waals surface area contributed by atoms with Crippen LogP contribution in [0, 0.1) is 18.3 Å². The van der Waals surface area contributed by atoms with Crippen LogP contribution in [-0.4, -0.2) is 75.9 Å². The molecule has 4 aromatic rings. The van der Waals surface area contributed by atoms with E-state index in [1.807, 2.05) is 78.7 Å². The molecule has 1 unspecified atom stereocenters. The van der Waals surface area contributed by atoms with Gasteiger partial charge in [0, 0.05) is 32.6 Å². The van der Waals surface area contributed by atoms with E-state index in [9.17, 15) is 9.59 Å². The van der Waals surface area contributed by atoms with Crippen molar-refractivity contribution >= 4 is 11.8 Å². The number of hydrogen-bond acceptors (Lipinski definition) is 6. The minimum absolute atomic E-state index is 0.0802. The summed E-state index contributed by atoms with van der Waals surface area (Å²) in [5, 5.41) is 20.9. The van der Waals surface area contributed by atoms with E-state index in [-0.39, 0.29) is 18.2 Å². The smallest absolute Gasteiger partial charge is 0.245 e. The number of nitrogens with zero attached hydrogens (tertiary/aromatic N) is 6. The molecule has 9 nitrogen and oxygen atoms in total. The van der Waals surface area contributed by atoms with Crippen molar-refractivity contribution in [2.75, 3.05) is 33.2 Å². The second-order valence-corrected chi connectivity index (χ2v) is 11.6. The molecule has 1 aliphatic carbocycles. The van der Waals surface area contributed by atoms with Crippen LogP contribution in [0.3, 0.4) is 0 Å². The van der Waals surface area contributed by atoms with Crippen LogP contribution in [0.5, 0.6) is 0 Å². The molecule has 218 valence electrons. The number of carbonyl (C=O) groups is 2. The number of amides is 2. The van der Waals surface area contributed by atoms with Gasteiger partial charge in [0.25, 0.3) is 0 Å². The maximum atomic E-state index is 13.8. The predicted molar refractivity (Wildman–Crippen MR) is 163 cm³/mol. The lowest BCUT2D eigenvalue weighted by Gasteiger charge is -2.35. The van der Waals surface area contributed by atoms with Gasteiger partial charge in [0.2, 0.25) is 11.8 Å². The Hall–Kier alpha value is -4.81. The summed E-state index contributed by atoms with van der Waals surface area (Å²) < 4.78 is 1.69. The van der Waals surface area contributed by atoms with Crippen molar-refractivity contribution in [1.82, 2.24) is 30.1 Å². The standard InChI is InChI=1S/C34H35N7O2/c1-24-5-3-4-6-30(24)34(15-16-34)33(43)36-31(32(42)40-19-17-39(2)18-20-40)21-28-23-41(38-37-28)29-13-11-27(12-14-29)26-9-7-25(22-35)8-10-26/h3-14,23,31H,15-21H2,1-2H3,(H,36,43). The average molecular weight is 574 g/mol. The van der Waals surface area contributed by atoms with E-state index in [0.717, 1.165) is 53.9 Å². The Labute approximate surface area is 251 Å². The van der Waals surface area contributed by atoms with E-state index in [2.05, 4.69) is 33.6 Å². The molecule has 6 rings (SSSR count). The molecule has 1 aliphatic heterocycles. The Morgan fingerprint density at radius 2 is 1.60 bits per heavy atom. The molecule has 1 saturated heterocycles. The number of nitriles is 1. The normalized spacial score (nSPS) is 16.7. The number of rotatable bonds is 8. The number of carbonyl (C=O) groups excluding carboxylic acids is 2. The van der Waals surface area contributed by atoms with Crippen LogP contribution in [0.15, 0.2) is 79.0 Å². The Morgan fingerprint density at radius 1 is 0.953 bits per heavy atom. The molecule has 2 heterocycles. The molecule has 1 N–H and O–H groups in total. The number of aromatic nitrogens is 3. The van der Waals surface area contributed by atoms with Gasteiger partial charge in [0.15, 0.2) is 0 Å². The lowest BCUT2D eigenvalue weighted by Crippen LogP contribution is -2.56. The van der Waals surface area contributed by atoms with Crippen LogP contribution in [-0.2, 0) is 21.4 Å². The van der Waals surface area contributed by atoms with Crippen LogP contribution >= 0.6 is 0 Å². The highest BCUT2D eigenvalue weighted by atomic mass is 16.2. The second kappa shape index (κ2) is 11.8. The largest absolute Gasteiger partial charge is 0.343 e. The van der Waals surface area contributed by atoms with Gasteiger partial charge in [-0.15, -0.1) is 5.10 Å². The zero-order valence-corrected chi connectivity index (χ0v) is 24.5. The summed E-state index contributed by atoms with van der Waals surface area (Å²) in [6.45, 7) is 4.89. The first kappa shape index (κ1) is 28.3. The van der Waals surface area contributed by atoms with Crippen LogP contribution < -0.4 is 5.32 Å². The van der Waals surface area contributed by atoms with E-state index >= 15 is 0 Å². The third-order valence-electron chi connectivity index (χ3n) is 8.70. The van der Waals surface area contributed by atoms with Gasteiger partial charge in [-0.3, -0.25) is 9.59 Å². The van der Waals surface area contributed by atoms with Crippen molar-refractivity contribution in [2.24, 2.45) is 0 Å². The SMILES string of the molecule is Cc1ccccc1C1(C(=O)NC(Cc2cn(-c3ccc(-c4ccc(C#N)cc4)cc3)nn2)C(=O)N2CCN(C)CC2)CC1. The monoisotopic (exact) mass is 573 g/mol. The number of piperazine rings is 1. The molecule has 1 atom stereocenters. The van der Waals surface area contributed by atoms with Crippen LogP contribution in [0.1, 0.15) is 35.2 Å². The molecule has 1 saturated carbocycles.